The molecule has 0 unspecified atom stereocenters. The van der Waals surface area contributed by atoms with E-state index in [1.165, 1.54) is 36.6 Å². The first kappa shape index (κ1) is 18.4. The van der Waals surface area contributed by atoms with Gasteiger partial charge in [0.2, 0.25) is 5.91 Å². The number of benzene rings is 1. The molecular formula is C22H29N3O2. The second kappa shape index (κ2) is 8.81. The van der Waals surface area contributed by atoms with Crippen molar-refractivity contribution in [3.05, 3.63) is 42.1 Å². The van der Waals surface area contributed by atoms with Crippen LogP contribution in [-0.2, 0) is 16.0 Å². The number of para-hydroxylation sites is 1. The van der Waals surface area contributed by atoms with E-state index in [0.717, 1.165) is 25.0 Å². The van der Waals surface area contributed by atoms with Gasteiger partial charge < -0.3 is 10.1 Å². The van der Waals surface area contributed by atoms with Gasteiger partial charge in [0.25, 0.3) is 0 Å². The molecule has 2 atom stereocenters. The lowest BCUT2D eigenvalue weighted by Gasteiger charge is -2.23. The van der Waals surface area contributed by atoms with Gasteiger partial charge in [-0.05, 0) is 50.0 Å². The van der Waals surface area contributed by atoms with Gasteiger partial charge in [-0.25, -0.2) is 0 Å². The fourth-order valence-electron chi connectivity index (χ4n) is 4.32. The summed E-state index contributed by atoms with van der Waals surface area (Å²) in [7, 11) is 0. The van der Waals surface area contributed by atoms with E-state index in [0.29, 0.717) is 25.7 Å². The molecule has 1 amide bonds. The number of rotatable bonds is 5. The maximum Gasteiger partial charge on any atom is 0.234 e. The topological polar surface area (TPSA) is 54.5 Å². The summed E-state index contributed by atoms with van der Waals surface area (Å²) in [5.74, 6) is 0.445. The van der Waals surface area contributed by atoms with E-state index in [2.05, 4.69) is 33.4 Å². The van der Waals surface area contributed by atoms with E-state index in [-0.39, 0.29) is 11.9 Å². The van der Waals surface area contributed by atoms with Crippen molar-refractivity contribution in [2.45, 2.75) is 38.1 Å². The Labute approximate surface area is 161 Å². The Kier molecular flexibility index (Phi) is 6.00. The highest BCUT2D eigenvalue weighted by Crippen LogP contribution is 2.24. The number of fused-ring (bicyclic) bond motifs is 1. The molecule has 0 saturated carbocycles. The quantitative estimate of drug-likeness (QED) is 0.883. The van der Waals surface area contributed by atoms with Crippen molar-refractivity contribution < 1.29 is 9.53 Å². The van der Waals surface area contributed by atoms with Crippen LogP contribution < -0.4 is 5.32 Å². The Bertz CT molecular complexity index is 766. The predicted octanol–water partition coefficient (Wildman–Crippen LogP) is 2.78. The molecule has 2 saturated heterocycles. The molecule has 2 aliphatic rings. The molecule has 0 radical (unpaired) electrons. The van der Waals surface area contributed by atoms with Gasteiger partial charge in [-0.2, -0.15) is 0 Å². The van der Waals surface area contributed by atoms with Crippen LogP contribution in [0.1, 0.15) is 31.2 Å². The molecule has 2 fully saturated rings. The highest BCUT2D eigenvalue weighted by Gasteiger charge is 2.30. The summed E-state index contributed by atoms with van der Waals surface area (Å²) in [4.78, 5) is 19.3. The first-order chi connectivity index (χ1) is 13.3. The monoisotopic (exact) mass is 367 g/mol. The van der Waals surface area contributed by atoms with Crippen molar-refractivity contribution in [2.75, 3.05) is 32.8 Å². The standard InChI is InChI=1S/C22H29N3O2/c26-22(14-25-11-5-1-2-6-12-25)24-21-16-27-15-18(21)13-17-9-10-23-20-8-4-3-7-19(17)20/h3-4,7-10,18,21H,1-2,5-6,11-16H2,(H,24,26)/t18-,21+/m1/s1. The van der Waals surface area contributed by atoms with Crippen LogP contribution in [0.5, 0.6) is 0 Å². The van der Waals surface area contributed by atoms with E-state index in [9.17, 15) is 4.79 Å². The molecule has 4 rings (SSSR count). The van der Waals surface area contributed by atoms with E-state index in [4.69, 9.17) is 4.74 Å². The average Bonchev–Trinajstić information content (AvgIpc) is 2.94. The van der Waals surface area contributed by atoms with Gasteiger partial charge in [-0.1, -0.05) is 31.0 Å². The summed E-state index contributed by atoms with van der Waals surface area (Å²) < 4.78 is 5.72. The summed E-state index contributed by atoms with van der Waals surface area (Å²) in [6.45, 7) is 3.91. The number of aromatic nitrogens is 1. The second-order valence-corrected chi connectivity index (χ2v) is 7.85. The largest absolute Gasteiger partial charge is 0.379 e. The molecular weight excluding hydrogens is 338 g/mol. The lowest BCUT2D eigenvalue weighted by atomic mass is 9.93. The number of likely N-dealkylation sites (tertiary alicyclic amines) is 1. The summed E-state index contributed by atoms with van der Waals surface area (Å²) in [5.41, 5.74) is 2.30. The number of nitrogens with one attached hydrogen (secondary N) is 1. The Hall–Kier alpha value is -1.98. The first-order valence-corrected chi connectivity index (χ1v) is 10.2. The molecule has 3 heterocycles. The predicted molar refractivity (Wildman–Crippen MR) is 107 cm³/mol. The molecule has 1 N–H and O–H groups in total. The molecule has 2 aliphatic heterocycles. The van der Waals surface area contributed by atoms with Gasteiger partial charge in [-0.15, -0.1) is 0 Å². The highest BCUT2D eigenvalue weighted by molar-refractivity contribution is 5.82. The number of pyridine rings is 1. The van der Waals surface area contributed by atoms with Gasteiger partial charge in [0, 0.05) is 17.5 Å². The Balaban J connectivity index is 1.38. The van der Waals surface area contributed by atoms with E-state index >= 15 is 0 Å². The maximum absolute atomic E-state index is 12.6. The Morgan fingerprint density at radius 2 is 1.93 bits per heavy atom. The first-order valence-electron chi connectivity index (χ1n) is 10.2. The number of hydrogen-bond acceptors (Lipinski definition) is 4. The minimum atomic E-state index is 0.0939. The summed E-state index contributed by atoms with van der Waals surface area (Å²) in [5, 5.41) is 4.44. The van der Waals surface area contributed by atoms with Crippen molar-refractivity contribution >= 4 is 16.8 Å². The number of carbonyl (C=O) groups excluding carboxylic acids is 1. The summed E-state index contributed by atoms with van der Waals surface area (Å²) >= 11 is 0. The van der Waals surface area contributed by atoms with Crippen molar-refractivity contribution in [1.82, 2.24) is 15.2 Å². The molecule has 5 nitrogen and oxygen atoms in total. The molecule has 5 heteroatoms. The molecule has 0 bridgehead atoms. The van der Waals surface area contributed by atoms with Crippen LogP contribution in [-0.4, -0.2) is 54.7 Å². The SMILES string of the molecule is O=C(CN1CCCCCC1)N[C@H]1COC[C@H]1Cc1ccnc2ccccc12. The third-order valence-corrected chi connectivity index (χ3v) is 5.83. The van der Waals surface area contributed by atoms with Crippen LogP contribution in [0.15, 0.2) is 36.5 Å². The molecule has 1 aromatic heterocycles. The Morgan fingerprint density at radius 1 is 1.11 bits per heavy atom. The highest BCUT2D eigenvalue weighted by atomic mass is 16.5. The van der Waals surface area contributed by atoms with Crippen LogP contribution >= 0.6 is 0 Å². The van der Waals surface area contributed by atoms with Crippen LogP contribution in [0, 0.1) is 5.92 Å². The summed E-state index contributed by atoms with van der Waals surface area (Å²) in [6.07, 6.45) is 7.76. The zero-order valence-electron chi connectivity index (χ0n) is 15.9. The molecule has 0 spiro atoms. The number of hydrogen-bond donors (Lipinski definition) is 1. The van der Waals surface area contributed by atoms with Gasteiger partial charge in [0.1, 0.15) is 0 Å². The molecule has 0 aliphatic carbocycles. The lowest BCUT2D eigenvalue weighted by molar-refractivity contribution is -0.123. The van der Waals surface area contributed by atoms with Crippen molar-refractivity contribution in [3.8, 4) is 0 Å². The third-order valence-electron chi connectivity index (χ3n) is 5.83. The van der Waals surface area contributed by atoms with Gasteiger partial charge in [-0.3, -0.25) is 14.7 Å². The normalized spacial score (nSPS) is 24.0. The van der Waals surface area contributed by atoms with E-state index in [1.807, 2.05) is 18.3 Å². The van der Waals surface area contributed by atoms with Gasteiger partial charge >= 0.3 is 0 Å². The maximum atomic E-state index is 12.6. The summed E-state index contributed by atoms with van der Waals surface area (Å²) in [6, 6.07) is 10.4. The van der Waals surface area contributed by atoms with Crippen LogP contribution in [0.2, 0.25) is 0 Å². The van der Waals surface area contributed by atoms with E-state index < -0.39 is 0 Å². The molecule has 144 valence electrons. The van der Waals surface area contributed by atoms with Crippen LogP contribution in [0.3, 0.4) is 0 Å². The number of amides is 1. The minimum absolute atomic E-state index is 0.0939. The fourth-order valence-corrected chi connectivity index (χ4v) is 4.32. The zero-order valence-corrected chi connectivity index (χ0v) is 15.9. The lowest BCUT2D eigenvalue weighted by Crippen LogP contribution is -2.45. The van der Waals surface area contributed by atoms with Gasteiger partial charge in [0.15, 0.2) is 0 Å². The number of carbonyl (C=O) groups is 1. The van der Waals surface area contributed by atoms with E-state index in [1.54, 1.807) is 0 Å². The van der Waals surface area contributed by atoms with Crippen molar-refractivity contribution in [1.29, 1.82) is 0 Å². The van der Waals surface area contributed by atoms with Gasteiger partial charge in [0.05, 0.1) is 31.3 Å². The number of nitrogens with zero attached hydrogens (tertiary/aromatic N) is 2. The molecule has 1 aromatic carbocycles. The zero-order chi connectivity index (χ0) is 18.5. The minimum Gasteiger partial charge on any atom is -0.379 e. The average molecular weight is 367 g/mol. The third kappa shape index (κ3) is 4.66. The fraction of sp³-hybridized carbons (Fsp3) is 0.545. The number of ether oxygens (including phenoxy) is 1. The smallest absolute Gasteiger partial charge is 0.234 e. The van der Waals surface area contributed by atoms with Crippen molar-refractivity contribution in [3.63, 3.8) is 0 Å². The molecule has 27 heavy (non-hydrogen) atoms. The second-order valence-electron chi connectivity index (χ2n) is 7.85. The van der Waals surface area contributed by atoms with Crippen LogP contribution in [0.25, 0.3) is 10.9 Å². The molecule has 2 aromatic rings. The van der Waals surface area contributed by atoms with Crippen LogP contribution in [0.4, 0.5) is 0 Å². The Morgan fingerprint density at radius 3 is 2.78 bits per heavy atom. The van der Waals surface area contributed by atoms with Crippen molar-refractivity contribution in [2.24, 2.45) is 5.92 Å².